The molecule has 0 bridgehead atoms. The van der Waals surface area contributed by atoms with Gasteiger partial charge in [0.25, 0.3) is 0 Å². The maximum atomic E-state index is 12.6. The largest absolute Gasteiger partial charge is 0.310 e. The molecule has 0 saturated heterocycles. The number of carbonyl (C=O) groups is 1. The van der Waals surface area contributed by atoms with Crippen molar-refractivity contribution in [2.75, 3.05) is 11.9 Å². The van der Waals surface area contributed by atoms with Gasteiger partial charge in [-0.05, 0) is 39.7 Å². The third-order valence-corrected chi connectivity index (χ3v) is 4.43. The van der Waals surface area contributed by atoms with Gasteiger partial charge in [-0.15, -0.1) is 0 Å². The molecule has 1 amide bonds. The highest BCUT2D eigenvalue weighted by Gasteiger charge is 2.27. The van der Waals surface area contributed by atoms with Crippen LogP contribution in [0.1, 0.15) is 43.9 Å². The Morgan fingerprint density at radius 2 is 2.12 bits per heavy atom. The molecule has 0 unspecified atom stereocenters. The van der Waals surface area contributed by atoms with Crippen LogP contribution in [0.2, 0.25) is 0 Å². The summed E-state index contributed by atoms with van der Waals surface area (Å²) >= 11 is 0. The lowest BCUT2D eigenvalue weighted by molar-refractivity contribution is -0.121. The van der Waals surface area contributed by atoms with Crippen molar-refractivity contribution in [2.45, 2.75) is 52.7 Å². The summed E-state index contributed by atoms with van der Waals surface area (Å²) in [5, 5.41) is 7.24. The fraction of sp³-hybridized carbons (Fsp3) is 0.529. The fourth-order valence-electron chi connectivity index (χ4n) is 2.97. The van der Waals surface area contributed by atoms with Gasteiger partial charge in [0.2, 0.25) is 5.91 Å². The number of amides is 1. The van der Waals surface area contributed by atoms with Gasteiger partial charge in [0.15, 0.2) is 0 Å². The van der Waals surface area contributed by atoms with Crippen molar-refractivity contribution in [1.29, 1.82) is 0 Å². The van der Waals surface area contributed by atoms with E-state index in [4.69, 9.17) is 0 Å². The zero-order valence-corrected chi connectivity index (χ0v) is 14.7. The van der Waals surface area contributed by atoms with Crippen LogP contribution in [0.25, 0.3) is 0 Å². The molecule has 24 heavy (non-hydrogen) atoms. The van der Waals surface area contributed by atoms with E-state index in [9.17, 15) is 4.79 Å². The molecule has 7 heteroatoms. The fourth-order valence-corrected chi connectivity index (χ4v) is 2.97. The van der Waals surface area contributed by atoms with Gasteiger partial charge < -0.3 is 5.32 Å². The van der Waals surface area contributed by atoms with E-state index in [-0.39, 0.29) is 18.0 Å². The zero-order valence-electron chi connectivity index (χ0n) is 14.7. The third-order valence-electron chi connectivity index (χ3n) is 4.43. The van der Waals surface area contributed by atoms with E-state index in [0.717, 1.165) is 30.3 Å². The molecule has 0 spiro atoms. The number of fused-ring (bicyclic) bond motifs is 1. The average molecular weight is 328 g/mol. The molecule has 3 rings (SSSR count). The first-order valence-electron chi connectivity index (χ1n) is 8.35. The highest BCUT2D eigenvalue weighted by atomic mass is 16.2. The summed E-state index contributed by atoms with van der Waals surface area (Å²) in [4.78, 5) is 23.6. The summed E-state index contributed by atoms with van der Waals surface area (Å²) in [6.45, 7) is 9.41. The van der Waals surface area contributed by atoms with Crippen LogP contribution in [0.4, 0.5) is 5.82 Å². The number of hydrogen-bond acceptors (Lipinski definition) is 5. The second-order valence-corrected chi connectivity index (χ2v) is 6.53. The lowest BCUT2D eigenvalue weighted by atomic mass is 10.0. The van der Waals surface area contributed by atoms with Gasteiger partial charge in [0.1, 0.15) is 11.6 Å². The van der Waals surface area contributed by atoms with Crippen LogP contribution in [0.3, 0.4) is 0 Å². The van der Waals surface area contributed by atoms with Gasteiger partial charge in [-0.25, -0.2) is 14.6 Å². The molecule has 0 saturated carbocycles. The minimum Gasteiger partial charge on any atom is -0.310 e. The Bertz CT molecular complexity index is 738. The van der Waals surface area contributed by atoms with Crippen LogP contribution in [-0.4, -0.2) is 43.1 Å². The summed E-state index contributed by atoms with van der Waals surface area (Å²) in [7, 11) is 0. The number of carbonyl (C=O) groups excluding carboxylic acids is 1. The van der Waals surface area contributed by atoms with Crippen molar-refractivity contribution in [3.05, 3.63) is 35.5 Å². The summed E-state index contributed by atoms with van der Waals surface area (Å²) in [5.41, 5.74) is 2.21. The normalized spacial score (nSPS) is 16.0. The van der Waals surface area contributed by atoms with Crippen molar-refractivity contribution in [3.63, 3.8) is 0 Å². The Morgan fingerprint density at radius 3 is 2.88 bits per heavy atom. The Balaban J connectivity index is 1.69. The molecule has 1 atom stereocenters. The standard InChI is InChI=1S/C17H24N6O/c1-11(2)23-16(5-7-19-23)21-17(24)12(3)22-8-6-14-9-18-13(4)20-15(14)10-22/h5,7,9,11-12H,6,8,10H2,1-4H3,(H,21,24)/t12-/m0/s1. The molecule has 0 aromatic carbocycles. The zero-order chi connectivity index (χ0) is 17.3. The van der Waals surface area contributed by atoms with Crippen LogP contribution >= 0.6 is 0 Å². The number of nitrogens with one attached hydrogen (secondary N) is 1. The summed E-state index contributed by atoms with van der Waals surface area (Å²) in [6.07, 6.45) is 4.48. The molecule has 2 aromatic heterocycles. The third kappa shape index (κ3) is 3.31. The van der Waals surface area contributed by atoms with Crippen molar-refractivity contribution in [3.8, 4) is 0 Å². The second-order valence-electron chi connectivity index (χ2n) is 6.53. The highest BCUT2D eigenvalue weighted by Crippen LogP contribution is 2.20. The lowest BCUT2D eigenvalue weighted by Crippen LogP contribution is -2.45. The first-order chi connectivity index (χ1) is 11.5. The molecule has 128 valence electrons. The molecule has 2 aromatic rings. The smallest absolute Gasteiger partial charge is 0.242 e. The predicted octanol–water partition coefficient (Wildman–Crippen LogP) is 1.95. The second kappa shape index (κ2) is 6.68. The van der Waals surface area contributed by atoms with Crippen molar-refractivity contribution < 1.29 is 4.79 Å². The molecule has 7 nitrogen and oxygen atoms in total. The molecule has 1 N–H and O–H groups in total. The summed E-state index contributed by atoms with van der Waals surface area (Å²) in [6, 6.07) is 1.79. The van der Waals surface area contributed by atoms with E-state index >= 15 is 0 Å². The molecule has 1 aliphatic rings. The Morgan fingerprint density at radius 1 is 1.33 bits per heavy atom. The maximum absolute atomic E-state index is 12.6. The van der Waals surface area contributed by atoms with E-state index in [1.807, 2.05) is 44.6 Å². The molecule has 1 aliphatic heterocycles. The van der Waals surface area contributed by atoms with Gasteiger partial charge in [-0.2, -0.15) is 5.10 Å². The van der Waals surface area contributed by atoms with Crippen molar-refractivity contribution in [2.24, 2.45) is 0 Å². The SMILES string of the molecule is Cc1ncc2c(n1)CN([C@@H](C)C(=O)Nc1ccnn1C(C)C)CC2. The molecule has 0 fully saturated rings. The quantitative estimate of drug-likeness (QED) is 0.928. The topological polar surface area (TPSA) is 75.9 Å². The summed E-state index contributed by atoms with van der Waals surface area (Å²) < 4.78 is 1.81. The van der Waals surface area contributed by atoms with Crippen LogP contribution in [0, 0.1) is 6.92 Å². The van der Waals surface area contributed by atoms with E-state index in [2.05, 4.69) is 25.3 Å². The molecular formula is C17H24N6O. The molecule has 0 aliphatic carbocycles. The van der Waals surface area contributed by atoms with E-state index in [1.165, 1.54) is 5.56 Å². The Labute approximate surface area is 142 Å². The first-order valence-corrected chi connectivity index (χ1v) is 8.35. The summed E-state index contributed by atoms with van der Waals surface area (Å²) in [5.74, 6) is 1.48. The van der Waals surface area contributed by atoms with Crippen molar-refractivity contribution in [1.82, 2.24) is 24.6 Å². The maximum Gasteiger partial charge on any atom is 0.242 e. The molecular weight excluding hydrogens is 304 g/mol. The monoisotopic (exact) mass is 328 g/mol. The van der Waals surface area contributed by atoms with Gasteiger partial charge in [-0.3, -0.25) is 9.69 Å². The number of aryl methyl sites for hydroxylation is 1. The first kappa shape index (κ1) is 16.6. The average Bonchev–Trinajstić information content (AvgIpc) is 3.01. The molecule has 0 radical (unpaired) electrons. The van der Waals surface area contributed by atoms with Crippen LogP contribution in [0.15, 0.2) is 18.5 Å². The van der Waals surface area contributed by atoms with Crippen LogP contribution in [-0.2, 0) is 17.8 Å². The number of aromatic nitrogens is 4. The predicted molar refractivity (Wildman–Crippen MR) is 91.6 cm³/mol. The van der Waals surface area contributed by atoms with Gasteiger partial charge in [0, 0.05) is 31.4 Å². The minimum absolute atomic E-state index is 0.0216. The minimum atomic E-state index is -0.232. The number of hydrogen-bond donors (Lipinski definition) is 1. The number of rotatable bonds is 4. The van der Waals surface area contributed by atoms with E-state index in [1.54, 1.807) is 6.20 Å². The van der Waals surface area contributed by atoms with E-state index < -0.39 is 0 Å². The van der Waals surface area contributed by atoms with E-state index in [0.29, 0.717) is 6.54 Å². The Hall–Kier alpha value is -2.28. The number of nitrogens with zero attached hydrogens (tertiary/aromatic N) is 5. The highest BCUT2D eigenvalue weighted by molar-refractivity contribution is 5.93. The molecule has 3 heterocycles. The van der Waals surface area contributed by atoms with Crippen LogP contribution in [0.5, 0.6) is 0 Å². The van der Waals surface area contributed by atoms with Crippen LogP contribution < -0.4 is 5.32 Å². The lowest BCUT2D eigenvalue weighted by Gasteiger charge is -2.32. The van der Waals surface area contributed by atoms with Gasteiger partial charge >= 0.3 is 0 Å². The Kier molecular flexibility index (Phi) is 4.62. The van der Waals surface area contributed by atoms with Gasteiger partial charge in [0.05, 0.1) is 17.9 Å². The van der Waals surface area contributed by atoms with Crippen molar-refractivity contribution >= 4 is 11.7 Å². The number of anilines is 1. The van der Waals surface area contributed by atoms with Gasteiger partial charge in [-0.1, -0.05) is 0 Å².